The van der Waals surface area contributed by atoms with Gasteiger partial charge in [0.25, 0.3) is 5.91 Å². The lowest BCUT2D eigenvalue weighted by molar-refractivity contribution is 0.0468. The number of aliphatic hydroxyl groups excluding tert-OH is 1. The van der Waals surface area contributed by atoms with Crippen LogP contribution in [0, 0.1) is 6.92 Å². The lowest BCUT2D eigenvalue weighted by Crippen LogP contribution is -2.42. The number of hydrogen-bond donors (Lipinski definition) is 1. The van der Waals surface area contributed by atoms with Crippen LogP contribution < -0.4 is 0 Å². The molecule has 0 bridgehead atoms. The Morgan fingerprint density at radius 3 is 2.95 bits per heavy atom. The second-order valence-corrected chi connectivity index (χ2v) is 5.89. The summed E-state index contributed by atoms with van der Waals surface area (Å²) in [4.78, 5) is 15.6. The second-order valence-electron chi connectivity index (χ2n) is 5.45. The van der Waals surface area contributed by atoms with E-state index in [0.29, 0.717) is 35.2 Å². The van der Waals surface area contributed by atoms with E-state index in [0.717, 1.165) is 12.8 Å². The number of piperidine rings is 1. The molecule has 1 fully saturated rings. The van der Waals surface area contributed by atoms with Crippen LogP contribution in [0.5, 0.6) is 0 Å². The second kappa shape index (κ2) is 6.06. The molecule has 1 saturated heterocycles. The lowest BCUT2D eigenvalue weighted by Gasteiger charge is -2.29. The molecular weight excluding hydrogens is 304 g/mol. The Kier molecular flexibility index (Phi) is 4.13. The van der Waals surface area contributed by atoms with Crippen LogP contribution in [0.2, 0.25) is 5.02 Å². The maximum absolute atomic E-state index is 12.6. The molecule has 1 aromatic heterocycles. The van der Waals surface area contributed by atoms with E-state index in [1.807, 2.05) is 6.07 Å². The molecule has 1 amide bonds. The van der Waals surface area contributed by atoms with Gasteiger partial charge in [0.2, 0.25) is 0 Å². The van der Waals surface area contributed by atoms with E-state index in [1.54, 1.807) is 30.0 Å². The Hall–Kier alpha value is -1.92. The average Bonchev–Trinajstić information content (AvgIpc) is 2.88. The van der Waals surface area contributed by atoms with E-state index in [2.05, 4.69) is 10.2 Å². The third kappa shape index (κ3) is 2.98. The van der Waals surface area contributed by atoms with Crippen molar-refractivity contribution in [1.82, 2.24) is 19.9 Å². The smallest absolute Gasteiger partial charge is 0.276 e. The van der Waals surface area contributed by atoms with E-state index in [4.69, 9.17) is 11.6 Å². The van der Waals surface area contributed by atoms with Crippen molar-refractivity contribution >= 4 is 17.5 Å². The molecule has 6 nitrogen and oxygen atoms in total. The van der Waals surface area contributed by atoms with E-state index in [-0.39, 0.29) is 5.91 Å². The monoisotopic (exact) mass is 320 g/mol. The first-order valence-electron chi connectivity index (χ1n) is 7.22. The number of rotatable bonds is 2. The first-order chi connectivity index (χ1) is 10.5. The number of aliphatic hydroxyl groups is 1. The minimum Gasteiger partial charge on any atom is -0.391 e. The zero-order valence-corrected chi connectivity index (χ0v) is 13.0. The highest BCUT2D eigenvalue weighted by Crippen LogP contribution is 2.17. The SMILES string of the molecule is Cc1nn(-c2cccc(Cl)c2)nc1C(=O)N1CCCC(O)C1. The molecule has 2 heterocycles. The molecule has 1 N–H and O–H groups in total. The Morgan fingerprint density at radius 2 is 2.23 bits per heavy atom. The topological polar surface area (TPSA) is 71.2 Å². The van der Waals surface area contributed by atoms with Crippen LogP contribution in [0.1, 0.15) is 29.0 Å². The lowest BCUT2D eigenvalue weighted by atomic mass is 10.1. The predicted octanol–water partition coefficient (Wildman–Crippen LogP) is 1.83. The van der Waals surface area contributed by atoms with E-state index >= 15 is 0 Å². The molecule has 1 unspecified atom stereocenters. The third-order valence-corrected chi connectivity index (χ3v) is 3.94. The molecule has 1 atom stereocenters. The summed E-state index contributed by atoms with van der Waals surface area (Å²) >= 11 is 5.97. The van der Waals surface area contributed by atoms with Gasteiger partial charge in [-0.05, 0) is 38.0 Å². The standard InChI is InChI=1S/C15H17ClN4O2/c1-10-14(15(22)19-7-3-6-13(21)9-19)18-20(17-10)12-5-2-4-11(16)8-12/h2,4-5,8,13,21H,3,6-7,9H2,1H3. The molecule has 0 saturated carbocycles. The maximum atomic E-state index is 12.6. The molecule has 0 aliphatic carbocycles. The van der Waals surface area contributed by atoms with Crippen molar-refractivity contribution in [3.63, 3.8) is 0 Å². The van der Waals surface area contributed by atoms with Crippen LogP contribution in [0.15, 0.2) is 24.3 Å². The fourth-order valence-corrected chi connectivity index (χ4v) is 2.77. The zero-order chi connectivity index (χ0) is 15.7. The van der Waals surface area contributed by atoms with Gasteiger partial charge in [0, 0.05) is 18.1 Å². The van der Waals surface area contributed by atoms with Crippen LogP contribution in [-0.4, -0.2) is 50.1 Å². The van der Waals surface area contributed by atoms with Crippen LogP contribution in [0.3, 0.4) is 0 Å². The summed E-state index contributed by atoms with van der Waals surface area (Å²) in [5.41, 5.74) is 1.58. The van der Waals surface area contributed by atoms with Crippen molar-refractivity contribution in [3.8, 4) is 5.69 Å². The number of carbonyl (C=O) groups excluding carboxylic acids is 1. The number of likely N-dealkylation sites (tertiary alicyclic amines) is 1. The fraction of sp³-hybridized carbons (Fsp3) is 0.400. The largest absolute Gasteiger partial charge is 0.391 e. The quantitative estimate of drug-likeness (QED) is 0.916. The zero-order valence-electron chi connectivity index (χ0n) is 12.2. The van der Waals surface area contributed by atoms with E-state index in [1.165, 1.54) is 4.80 Å². The first-order valence-corrected chi connectivity index (χ1v) is 7.59. The van der Waals surface area contributed by atoms with Crippen molar-refractivity contribution in [3.05, 3.63) is 40.7 Å². The van der Waals surface area contributed by atoms with Crippen LogP contribution >= 0.6 is 11.6 Å². The molecule has 7 heteroatoms. The summed E-state index contributed by atoms with van der Waals surface area (Å²) in [5.74, 6) is -0.190. The van der Waals surface area contributed by atoms with Gasteiger partial charge in [0.05, 0.1) is 17.5 Å². The highest BCUT2D eigenvalue weighted by Gasteiger charge is 2.26. The maximum Gasteiger partial charge on any atom is 0.276 e. The van der Waals surface area contributed by atoms with E-state index < -0.39 is 6.10 Å². The normalized spacial score (nSPS) is 18.5. The molecule has 3 rings (SSSR count). The highest BCUT2D eigenvalue weighted by molar-refractivity contribution is 6.30. The third-order valence-electron chi connectivity index (χ3n) is 3.71. The Balaban J connectivity index is 1.87. The molecule has 1 aromatic carbocycles. The van der Waals surface area contributed by atoms with Crippen LogP contribution in [0.25, 0.3) is 5.69 Å². The number of β-amino-alcohol motifs (C(OH)–C–C–N with tert-alkyl or cyclic N) is 1. The Labute approximate surface area is 133 Å². The average molecular weight is 321 g/mol. The van der Waals surface area contributed by atoms with Gasteiger partial charge < -0.3 is 10.0 Å². The van der Waals surface area contributed by atoms with Gasteiger partial charge in [-0.1, -0.05) is 17.7 Å². The van der Waals surface area contributed by atoms with Gasteiger partial charge in [0.1, 0.15) is 0 Å². The van der Waals surface area contributed by atoms with Crippen molar-refractivity contribution in [1.29, 1.82) is 0 Å². The van der Waals surface area contributed by atoms with Gasteiger partial charge in [-0.15, -0.1) is 5.10 Å². The van der Waals surface area contributed by atoms with Crippen molar-refractivity contribution in [2.24, 2.45) is 0 Å². The summed E-state index contributed by atoms with van der Waals surface area (Å²) in [6.45, 7) is 2.74. The number of carbonyl (C=O) groups is 1. The number of benzene rings is 1. The van der Waals surface area contributed by atoms with Crippen LogP contribution in [-0.2, 0) is 0 Å². The fourth-order valence-electron chi connectivity index (χ4n) is 2.58. The summed E-state index contributed by atoms with van der Waals surface area (Å²) in [7, 11) is 0. The minimum atomic E-state index is -0.457. The molecule has 22 heavy (non-hydrogen) atoms. The number of aryl methyl sites for hydroxylation is 1. The molecule has 2 aromatic rings. The molecule has 1 aliphatic heterocycles. The molecule has 0 radical (unpaired) electrons. The van der Waals surface area contributed by atoms with Crippen molar-refractivity contribution in [2.45, 2.75) is 25.9 Å². The minimum absolute atomic E-state index is 0.190. The first kappa shape index (κ1) is 15.0. The van der Waals surface area contributed by atoms with Gasteiger partial charge in [-0.3, -0.25) is 4.79 Å². The Morgan fingerprint density at radius 1 is 1.41 bits per heavy atom. The number of halogens is 1. The predicted molar refractivity (Wildman–Crippen MR) is 82.3 cm³/mol. The number of amides is 1. The summed E-state index contributed by atoms with van der Waals surface area (Å²) < 4.78 is 0. The van der Waals surface area contributed by atoms with Gasteiger partial charge in [-0.2, -0.15) is 9.90 Å². The summed E-state index contributed by atoms with van der Waals surface area (Å²) in [6, 6.07) is 7.13. The molecular formula is C15H17ClN4O2. The molecule has 116 valence electrons. The van der Waals surface area contributed by atoms with Crippen molar-refractivity contribution < 1.29 is 9.90 Å². The van der Waals surface area contributed by atoms with Gasteiger partial charge in [0.15, 0.2) is 5.69 Å². The van der Waals surface area contributed by atoms with Crippen molar-refractivity contribution in [2.75, 3.05) is 13.1 Å². The van der Waals surface area contributed by atoms with Gasteiger partial charge in [-0.25, -0.2) is 0 Å². The Bertz CT molecular complexity index is 701. The number of nitrogens with zero attached hydrogens (tertiary/aromatic N) is 4. The highest BCUT2D eigenvalue weighted by atomic mass is 35.5. The summed E-state index contributed by atoms with van der Waals surface area (Å²) in [6.07, 6.45) is 1.08. The molecule has 1 aliphatic rings. The number of hydrogen-bond acceptors (Lipinski definition) is 4. The van der Waals surface area contributed by atoms with Crippen LogP contribution in [0.4, 0.5) is 0 Å². The van der Waals surface area contributed by atoms with Gasteiger partial charge >= 0.3 is 0 Å². The summed E-state index contributed by atoms with van der Waals surface area (Å²) in [5, 5.41) is 18.9. The number of aromatic nitrogens is 3. The molecule has 0 spiro atoms. The van der Waals surface area contributed by atoms with E-state index in [9.17, 15) is 9.90 Å².